The van der Waals surface area contributed by atoms with E-state index in [-0.39, 0.29) is 6.04 Å². The molecule has 0 radical (unpaired) electrons. The molecule has 0 aromatic heterocycles. The second kappa shape index (κ2) is 7.07. The fourth-order valence-electron chi connectivity index (χ4n) is 0.880. The zero-order valence-corrected chi connectivity index (χ0v) is 7.96. The molecule has 0 amide bonds. The Hall–Kier alpha value is -0.600. The van der Waals surface area contributed by atoms with Gasteiger partial charge in [-0.25, -0.2) is 0 Å². The first kappa shape index (κ1) is 11.4. The molecule has 70 valence electrons. The Morgan fingerprint density at radius 1 is 1.58 bits per heavy atom. The van der Waals surface area contributed by atoms with Crippen molar-refractivity contribution in [2.45, 2.75) is 39.0 Å². The minimum Gasteiger partial charge on any atom is -0.379 e. The van der Waals surface area contributed by atoms with Crippen molar-refractivity contribution in [1.82, 2.24) is 5.32 Å². The smallest absolute Gasteiger partial charge is 0.105 e. The van der Waals surface area contributed by atoms with Gasteiger partial charge in [-0.1, -0.05) is 25.2 Å². The van der Waals surface area contributed by atoms with E-state index in [1.54, 1.807) is 0 Å². The largest absolute Gasteiger partial charge is 0.379 e. The second-order valence-electron chi connectivity index (χ2n) is 2.74. The van der Waals surface area contributed by atoms with E-state index in [0.29, 0.717) is 0 Å². The lowest BCUT2D eigenvalue weighted by Gasteiger charge is -2.16. The summed E-state index contributed by atoms with van der Waals surface area (Å²) in [4.78, 5) is 0. The number of hydrogen-bond donors (Lipinski definition) is 2. The Labute approximate surface area is 75.0 Å². The zero-order chi connectivity index (χ0) is 9.40. The van der Waals surface area contributed by atoms with Crippen molar-refractivity contribution in [1.29, 1.82) is 0 Å². The van der Waals surface area contributed by atoms with Gasteiger partial charge in [0.15, 0.2) is 0 Å². The van der Waals surface area contributed by atoms with Crippen LogP contribution in [0.1, 0.15) is 26.7 Å². The summed E-state index contributed by atoms with van der Waals surface area (Å²) in [5.41, 5.74) is 0. The number of hydrogen-bond acceptors (Lipinski definition) is 2. The van der Waals surface area contributed by atoms with Crippen LogP contribution < -0.4 is 5.32 Å². The van der Waals surface area contributed by atoms with E-state index in [2.05, 4.69) is 18.0 Å². The lowest BCUT2D eigenvalue weighted by molar-refractivity contribution is 0.125. The molecule has 12 heavy (non-hydrogen) atoms. The highest BCUT2D eigenvalue weighted by atomic mass is 16.3. The normalized spacial score (nSPS) is 16.2. The van der Waals surface area contributed by atoms with Crippen molar-refractivity contribution in [3.8, 4) is 0 Å². The Kier molecular flexibility index (Phi) is 6.72. The van der Waals surface area contributed by atoms with E-state index in [1.807, 2.05) is 26.0 Å². The SMILES string of the molecule is C=CC(C/C=C\C)NC(O)CC. The highest BCUT2D eigenvalue weighted by Crippen LogP contribution is 1.97. The third kappa shape index (κ3) is 5.10. The Morgan fingerprint density at radius 3 is 2.67 bits per heavy atom. The maximum Gasteiger partial charge on any atom is 0.105 e. The molecule has 0 spiro atoms. The molecule has 0 aliphatic heterocycles. The van der Waals surface area contributed by atoms with Crippen LogP contribution >= 0.6 is 0 Å². The molecule has 0 aliphatic carbocycles. The standard InChI is InChI=1S/C10H19NO/c1-4-7-8-9(5-2)11-10(12)6-3/h4-5,7,9-12H,2,6,8H2,1,3H3/b7-4-. The van der Waals surface area contributed by atoms with Gasteiger partial charge in [0, 0.05) is 6.04 Å². The third-order valence-corrected chi connectivity index (χ3v) is 1.70. The Balaban J connectivity index is 3.74. The predicted molar refractivity (Wildman–Crippen MR) is 52.8 cm³/mol. The summed E-state index contributed by atoms with van der Waals surface area (Å²) in [6.07, 6.45) is 7.06. The Bertz CT molecular complexity index is 143. The molecule has 2 atom stereocenters. The molecule has 0 fully saturated rings. The average Bonchev–Trinajstić information content (AvgIpc) is 2.11. The first-order valence-corrected chi connectivity index (χ1v) is 4.42. The van der Waals surface area contributed by atoms with Gasteiger partial charge in [0.1, 0.15) is 6.23 Å². The quantitative estimate of drug-likeness (QED) is 0.469. The fraction of sp³-hybridized carbons (Fsp3) is 0.600. The number of nitrogens with one attached hydrogen (secondary N) is 1. The molecule has 2 nitrogen and oxygen atoms in total. The molecule has 0 rings (SSSR count). The van der Waals surface area contributed by atoms with E-state index < -0.39 is 6.23 Å². The zero-order valence-electron chi connectivity index (χ0n) is 7.96. The maximum absolute atomic E-state index is 9.28. The van der Waals surface area contributed by atoms with Gasteiger partial charge in [-0.2, -0.15) is 0 Å². The van der Waals surface area contributed by atoms with Gasteiger partial charge >= 0.3 is 0 Å². The van der Waals surface area contributed by atoms with Gasteiger partial charge < -0.3 is 5.11 Å². The Morgan fingerprint density at radius 2 is 2.25 bits per heavy atom. The second-order valence-corrected chi connectivity index (χ2v) is 2.74. The van der Waals surface area contributed by atoms with E-state index >= 15 is 0 Å². The molecule has 0 aromatic carbocycles. The summed E-state index contributed by atoms with van der Waals surface area (Å²) in [5, 5.41) is 12.3. The van der Waals surface area contributed by atoms with Crippen molar-refractivity contribution in [2.75, 3.05) is 0 Å². The minimum atomic E-state index is -0.418. The molecule has 0 aliphatic rings. The van der Waals surface area contributed by atoms with Crippen LogP contribution in [0.15, 0.2) is 24.8 Å². The molecule has 2 unspecified atom stereocenters. The van der Waals surface area contributed by atoms with E-state index in [4.69, 9.17) is 0 Å². The average molecular weight is 169 g/mol. The van der Waals surface area contributed by atoms with Crippen LogP contribution in [0.4, 0.5) is 0 Å². The molecule has 0 saturated heterocycles. The number of rotatable bonds is 6. The molecule has 0 aromatic rings. The molecule has 0 saturated carbocycles. The van der Waals surface area contributed by atoms with Crippen molar-refractivity contribution < 1.29 is 5.11 Å². The molecule has 2 N–H and O–H groups in total. The van der Waals surface area contributed by atoms with Crippen molar-refractivity contribution in [2.24, 2.45) is 0 Å². The van der Waals surface area contributed by atoms with Crippen LogP contribution in [0, 0.1) is 0 Å². The van der Waals surface area contributed by atoms with E-state index in [9.17, 15) is 5.11 Å². The highest BCUT2D eigenvalue weighted by Gasteiger charge is 2.05. The van der Waals surface area contributed by atoms with E-state index in [1.165, 1.54) is 0 Å². The summed E-state index contributed by atoms with van der Waals surface area (Å²) in [5.74, 6) is 0. The fourth-order valence-corrected chi connectivity index (χ4v) is 0.880. The first-order valence-electron chi connectivity index (χ1n) is 4.42. The van der Waals surface area contributed by atoms with E-state index in [0.717, 1.165) is 12.8 Å². The predicted octanol–water partition coefficient (Wildman–Crippen LogP) is 1.83. The molecule has 0 heterocycles. The van der Waals surface area contributed by atoms with Gasteiger partial charge in [-0.3, -0.25) is 5.32 Å². The lowest BCUT2D eigenvalue weighted by atomic mass is 10.2. The van der Waals surface area contributed by atoms with Gasteiger partial charge in [0.25, 0.3) is 0 Å². The van der Waals surface area contributed by atoms with Crippen LogP contribution in [0.25, 0.3) is 0 Å². The molecular weight excluding hydrogens is 150 g/mol. The number of aliphatic hydroxyl groups is 1. The van der Waals surface area contributed by atoms with Crippen LogP contribution in [-0.2, 0) is 0 Å². The van der Waals surface area contributed by atoms with Crippen LogP contribution in [0.2, 0.25) is 0 Å². The first-order chi connectivity index (χ1) is 5.74. The summed E-state index contributed by atoms with van der Waals surface area (Å²) in [6, 6.07) is 0.177. The topological polar surface area (TPSA) is 32.3 Å². The van der Waals surface area contributed by atoms with Crippen LogP contribution in [0.5, 0.6) is 0 Å². The number of allylic oxidation sites excluding steroid dienone is 1. The van der Waals surface area contributed by atoms with Gasteiger partial charge in [0.2, 0.25) is 0 Å². The van der Waals surface area contributed by atoms with Crippen molar-refractivity contribution >= 4 is 0 Å². The number of aliphatic hydroxyl groups excluding tert-OH is 1. The van der Waals surface area contributed by atoms with Gasteiger partial charge in [0.05, 0.1) is 0 Å². The third-order valence-electron chi connectivity index (χ3n) is 1.70. The molecule has 2 heteroatoms. The summed E-state index contributed by atoms with van der Waals surface area (Å²) < 4.78 is 0. The lowest BCUT2D eigenvalue weighted by Crippen LogP contribution is -2.36. The summed E-state index contributed by atoms with van der Waals surface area (Å²) in [6.45, 7) is 7.61. The monoisotopic (exact) mass is 169 g/mol. The minimum absolute atomic E-state index is 0.177. The maximum atomic E-state index is 9.28. The summed E-state index contributed by atoms with van der Waals surface area (Å²) in [7, 11) is 0. The van der Waals surface area contributed by atoms with Crippen molar-refractivity contribution in [3.05, 3.63) is 24.8 Å². The van der Waals surface area contributed by atoms with Gasteiger partial charge in [-0.05, 0) is 19.8 Å². The van der Waals surface area contributed by atoms with Crippen LogP contribution in [0.3, 0.4) is 0 Å². The summed E-state index contributed by atoms with van der Waals surface area (Å²) >= 11 is 0. The van der Waals surface area contributed by atoms with Crippen LogP contribution in [-0.4, -0.2) is 17.4 Å². The van der Waals surface area contributed by atoms with Gasteiger partial charge in [-0.15, -0.1) is 6.58 Å². The molecule has 0 bridgehead atoms. The molecular formula is C10H19NO. The van der Waals surface area contributed by atoms with Crippen molar-refractivity contribution in [3.63, 3.8) is 0 Å². The highest BCUT2D eigenvalue weighted by molar-refractivity contribution is 4.93.